The molecule has 0 saturated heterocycles. The highest BCUT2D eigenvalue weighted by molar-refractivity contribution is 5.36. The highest BCUT2D eigenvalue weighted by atomic mass is 16.5. The molecule has 6 nitrogen and oxygen atoms in total. The standard InChI is InChI=1S/C11H15N5O/c1-3-16-11(13-14-15-16)12-8-9-6-4-5-7-10(9)17-2/h4-7H,3,8H2,1-2H3,(H,12,13,15). The molecule has 2 aromatic rings. The fraction of sp³-hybridized carbons (Fsp3) is 0.364. The number of benzene rings is 1. The Kier molecular flexibility index (Phi) is 3.54. The average molecular weight is 233 g/mol. The summed E-state index contributed by atoms with van der Waals surface area (Å²) in [6.45, 7) is 3.36. The third-order valence-electron chi connectivity index (χ3n) is 2.46. The number of hydrogen-bond donors (Lipinski definition) is 1. The molecule has 0 fully saturated rings. The highest BCUT2D eigenvalue weighted by Gasteiger charge is 2.05. The Hall–Kier alpha value is -2.11. The van der Waals surface area contributed by atoms with Crippen LogP contribution in [0.15, 0.2) is 24.3 Å². The van der Waals surface area contributed by atoms with Crippen molar-refractivity contribution in [2.75, 3.05) is 12.4 Å². The maximum atomic E-state index is 5.27. The lowest BCUT2D eigenvalue weighted by Crippen LogP contribution is -2.08. The molecule has 0 unspecified atom stereocenters. The van der Waals surface area contributed by atoms with Crippen molar-refractivity contribution in [3.05, 3.63) is 29.8 Å². The summed E-state index contributed by atoms with van der Waals surface area (Å²) in [4.78, 5) is 0. The fourth-order valence-electron chi connectivity index (χ4n) is 1.57. The first-order valence-electron chi connectivity index (χ1n) is 5.47. The second kappa shape index (κ2) is 5.29. The minimum Gasteiger partial charge on any atom is -0.496 e. The molecule has 1 heterocycles. The summed E-state index contributed by atoms with van der Waals surface area (Å²) >= 11 is 0. The molecule has 1 aromatic heterocycles. The number of anilines is 1. The van der Waals surface area contributed by atoms with Gasteiger partial charge in [-0.2, -0.15) is 0 Å². The number of ether oxygens (including phenoxy) is 1. The third-order valence-corrected chi connectivity index (χ3v) is 2.46. The monoisotopic (exact) mass is 233 g/mol. The number of nitrogens with zero attached hydrogens (tertiary/aromatic N) is 4. The largest absolute Gasteiger partial charge is 0.496 e. The lowest BCUT2D eigenvalue weighted by Gasteiger charge is -2.09. The SMILES string of the molecule is CCn1nnnc1NCc1ccccc1OC. The number of aryl methyl sites for hydroxylation is 1. The molecule has 6 heteroatoms. The van der Waals surface area contributed by atoms with Crippen molar-refractivity contribution in [1.82, 2.24) is 20.2 Å². The average Bonchev–Trinajstić information content (AvgIpc) is 2.84. The van der Waals surface area contributed by atoms with Crippen molar-refractivity contribution in [2.45, 2.75) is 20.0 Å². The lowest BCUT2D eigenvalue weighted by atomic mass is 10.2. The predicted octanol–water partition coefficient (Wildman–Crippen LogP) is 1.31. The van der Waals surface area contributed by atoms with Gasteiger partial charge in [-0.3, -0.25) is 0 Å². The molecule has 0 aliphatic rings. The summed E-state index contributed by atoms with van der Waals surface area (Å²) in [7, 11) is 1.66. The summed E-state index contributed by atoms with van der Waals surface area (Å²) in [5.41, 5.74) is 1.07. The second-order valence-electron chi connectivity index (χ2n) is 3.48. The molecular formula is C11H15N5O. The van der Waals surface area contributed by atoms with Crippen LogP contribution in [0.5, 0.6) is 5.75 Å². The summed E-state index contributed by atoms with van der Waals surface area (Å²) in [5, 5.41) is 14.6. The quantitative estimate of drug-likeness (QED) is 0.843. The van der Waals surface area contributed by atoms with Gasteiger partial charge in [0.1, 0.15) is 5.75 Å². The van der Waals surface area contributed by atoms with E-state index in [0.29, 0.717) is 12.5 Å². The summed E-state index contributed by atoms with van der Waals surface area (Å²) < 4.78 is 6.98. The normalized spacial score (nSPS) is 10.2. The van der Waals surface area contributed by atoms with Crippen LogP contribution in [0.1, 0.15) is 12.5 Å². The van der Waals surface area contributed by atoms with Crippen molar-refractivity contribution >= 4 is 5.95 Å². The molecule has 0 aliphatic heterocycles. The van der Waals surface area contributed by atoms with Gasteiger partial charge < -0.3 is 10.1 Å². The first-order valence-corrected chi connectivity index (χ1v) is 5.47. The van der Waals surface area contributed by atoms with Crippen LogP contribution < -0.4 is 10.1 Å². The zero-order chi connectivity index (χ0) is 12.1. The van der Waals surface area contributed by atoms with Gasteiger partial charge in [0.15, 0.2) is 0 Å². The Bertz CT molecular complexity index is 482. The Morgan fingerprint density at radius 1 is 1.35 bits per heavy atom. The van der Waals surface area contributed by atoms with Gasteiger partial charge in [0, 0.05) is 18.7 Å². The Morgan fingerprint density at radius 2 is 2.18 bits per heavy atom. The smallest absolute Gasteiger partial charge is 0.243 e. The molecule has 0 spiro atoms. The zero-order valence-electron chi connectivity index (χ0n) is 9.92. The van der Waals surface area contributed by atoms with Gasteiger partial charge in [-0.25, -0.2) is 4.68 Å². The molecule has 1 aromatic carbocycles. The number of hydrogen-bond acceptors (Lipinski definition) is 5. The van der Waals surface area contributed by atoms with E-state index in [9.17, 15) is 0 Å². The van der Waals surface area contributed by atoms with Crippen molar-refractivity contribution in [2.24, 2.45) is 0 Å². The van der Waals surface area contributed by atoms with Crippen LogP contribution in [0.2, 0.25) is 0 Å². The second-order valence-corrected chi connectivity index (χ2v) is 3.48. The number of tetrazole rings is 1. The van der Waals surface area contributed by atoms with Crippen LogP contribution in [0.3, 0.4) is 0 Å². The molecule has 0 atom stereocenters. The van der Waals surface area contributed by atoms with Gasteiger partial charge in [-0.1, -0.05) is 23.3 Å². The van der Waals surface area contributed by atoms with Crippen molar-refractivity contribution in [1.29, 1.82) is 0 Å². The molecule has 0 saturated carbocycles. The van der Waals surface area contributed by atoms with Gasteiger partial charge in [0.05, 0.1) is 7.11 Å². The molecule has 0 amide bonds. The summed E-state index contributed by atoms with van der Waals surface area (Å²) in [5.74, 6) is 1.52. The molecule has 2 rings (SSSR count). The van der Waals surface area contributed by atoms with Gasteiger partial charge in [-0.15, -0.1) is 0 Å². The minimum atomic E-state index is 0.629. The Labute approximate surface area is 99.6 Å². The topological polar surface area (TPSA) is 64.9 Å². The first kappa shape index (κ1) is 11.4. The van der Waals surface area contributed by atoms with E-state index in [1.54, 1.807) is 11.8 Å². The van der Waals surface area contributed by atoms with E-state index in [2.05, 4.69) is 20.8 Å². The van der Waals surface area contributed by atoms with Gasteiger partial charge in [0.25, 0.3) is 0 Å². The van der Waals surface area contributed by atoms with Crippen LogP contribution in [-0.2, 0) is 13.1 Å². The molecule has 90 valence electrons. The summed E-state index contributed by atoms with van der Waals surface area (Å²) in [6, 6.07) is 7.85. The Balaban J connectivity index is 2.07. The molecular weight excluding hydrogens is 218 g/mol. The van der Waals surface area contributed by atoms with Crippen LogP contribution in [0, 0.1) is 0 Å². The molecule has 1 N–H and O–H groups in total. The van der Waals surface area contributed by atoms with Gasteiger partial charge in [0.2, 0.25) is 5.95 Å². The zero-order valence-corrected chi connectivity index (χ0v) is 9.92. The van der Waals surface area contributed by atoms with Crippen LogP contribution in [0.25, 0.3) is 0 Å². The van der Waals surface area contributed by atoms with Gasteiger partial charge >= 0.3 is 0 Å². The van der Waals surface area contributed by atoms with E-state index in [4.69, 9.17) is 4.74 Å². The van der Waals surface area contributed by atoms with E-state index in [-0.39, 0.29) is 0 Å². The van der Waals surface area contributed by atoms with E-state index in [1.165, 1.54) is 0 Å². The van der Waals surface area contributed by atoms with E-state index in [1.807, 2.05) is 31.2 Å². The van der Waals surface area contributed by atoms with Crippen LogP contribution >= 0.6 is 0 Å². The lowest BCUT2D eigenvalue weighted by molar-refractivity contribution is 0.410. The van der Waals surface area contributed by atoms with Crippen molar-refractivity contribution in [3.8, 4) is 5.75 Å². The van der Waals surface area contributed by atoms with E-state index >= 15 is 0 Å². The van der Waals surface area contributed by atoms with Crippen molar-refractivity contribution in [3.63, 3.8) is 0 Å². The fourth-order valence-corrected chi connectivity index (χ4v) is 1.57. The Morgan fingerprint density at radius 3 is 2.94 bits per heavy atom. The number of aromatic nitrogens is 4. The van der Waals surface area contributed by atoms with Gasteiger partial charge in [-0.05, 0) is 23.4 Å². The van der Waals surface area contributed by atoms with E-state index in [0.717, 1.165) is 17.9 Å². The number of nitrogens with one attached hydrogen (secondary N) is 1. The van der Waals surface area contributed by atoms with Crippen LogP contribution in [0.4, 0.5) is 5.95 Å². The summed E-state index contributed by atoms with van der Waals surface area (Å²) in [6.07, 6.45) is 0. The third kappa shape index (κ3) is 2.52. The molecule has 0 bridgehead atoms. The number of rotatable bonds is 5. The molecule has 17 heavy (non-hydrogen) atoms. The first-order chi connectivity index (χ1) is 8.35. The predicted molar refractivity (Wildman–Crippen MR) is 63.8 cm³/mol. The maximum Gasteiger partial charge on any atom is 0.243 e. The van der Waals surface area contributed by atoms with E-state index < -0.39 is 0 Å². The molecule has 0 aliphatic carbocycles. The maximum absolute atomic E-state index is 5.27. The van der Waals surface area contributed by atoms with Crippen molar-refractivity contribution < 1.29 is 4.74 Å². The minimum absolute atomic E-state index is 0.629. The highest BCUT2D eigenvalue weighted by Crippen LogP contribution is 2.18. The number of methoxy groups -OCH3 is 1. The number of para-hydroxylation sites is 1. The van der Waals surface area contributed by atoms with Crippen LogP contribution in [-0.4, -0.2) is 27.3 Å². The molecule has 0 radical (unpaired) electrons.